The Morgan fingerprint density at radius 3 is 2.21 bits per heavy atom. The smallest absolute Gasteiger partial charge is 0.322 e. The van der Waals surface area contributed by atoms with Gasteiger partial charge in [0.1, 0.15) is 17.2 Å². The van der Waals surface area contributed by atoms with Gasteiger partial charge >= 0.3 is 6.03 Å². The molecule has 2 N–H and O–H groups in total. The van der Waals surface area contributed by atoms with Crippen molar-refractivity contribution in [3.05, 3.63) is 71.3 Å². The number of carbonyl (C=O) groups is 2. The molecule has 1 unspecified atom stereocenters. The number of hydrogen-bond donors (Lipinski definition) is 2. The van der Waals surface area contributed by atoms with Gasteiger partial charge in [-0.15, -0.1) is 0 Å². The van der Waals surface area contributed by atoms with E-state index in [-0.39, 0.29) is 6.04 Å². The zero-order chi connectivity index (χ0) is 17.5. The van der Waals surface area contributed by atoms with E-state index < -0.39 is 29.1 Å². The third kappa shape index (κ3) is 4.38. The van der Waals surface area contributed by atoms with E-state index in [9.17, 15) is 18.4 Å². The second-order valence-corrected chi connectivity index (χ2v) is 5.28. The van der Waals surface area contributed by atoms with Gasteiger partial charge in [0, 0.05) is 0 Å². The fourth-order valence-corrected chi connectivity index (χ4v) is 2.37. The van der Waals surface area contributed by atoms with Crippen molar-refractivity contribution >= 4 is 11.9 Å². The minimum absolute atomic E-state index is 0.297. The van der Waals surface area contributed by atoms with Gasteiger partial charge in [-0.2, -0.15) is 0 Å². The predicted molar refractivity (Wildman–Crippen MR) is 86.4 cm³/mol. The number of rotatable bonds is 5. The van der Waals surface area contributed by atoms with Crippen LogP contribution in [0.25, 0.3) is 0 Å². The summed E-state index contributed by atoms with van der Waals surface area (Å²) in [7, 11) is 0. The SMILES string of the molecule is CCCC(NC(=O)NC(=O)c1c(F)cccc1F)c1ccccc1. The lowest BCUT2D eigenvalue weighted by Crippen LogP contribution is -2.41. The molecule has 0 spiro atoms. The fourth-order valence-electron chi connectivity index (χ4n) is 2.37. The molecule has 126 valence electrons. The first-order valence-corrected chi connectivity index (χ1v) is 7.63. The second kappa shape index (κ2) is 8.19. The van der Waals surface area contributed by atoms with Crippen molar-refractivity contribution in [2.45, 2.75) is 25.8 Å². The summed E-state index contributed by atoms with van der Waals surface area (Å²) < 4.78 is 27.1. The van der Waals surface area contributed by atoms with Gasteiger partial charge in [0.15, 0.2) is 0 Å². The highest BCUT2D eigenvalue weighted by atomic mass is 19.1. The van der Waals surface area contributed by atoms with Gasteiger partial charge in [0.25, 0.3) is 5.91 Å². The molecule has 3 amide bonds. The molecule has 0 aliphatic rings. The molecule has 0 aliphatic heterocycles. The molecular formula is C18H18F2N2O2. The molecule has 4 nitrogen and oxygen atoms in total. The molecule has 2 aromatic carbocycles. The van der Waals surface area contributed by atoms with Gasteiger partial charge in [-0.3, -0.25) is 10.1 Å². The number of hydrogen-bond acceptors (Lipinski definition) is 2. The number of urea groups is 1. The van der Waals surface area contributed by atoms with Crippen molar-refractivity contribution in [1.29, 1.82) is 0 Å². The number of halogens is 2. The average Bonchev–Trinajstić information content (AvgIpc) is 2.55. The molecule has 0 aliphatic carbocycles. The summed E-state index contributed by atoms with van der Waals surface area (Å²) in [5.74, 6) is -3.16. The van der Waals surface area contributed by atoms with E-state index in [0.717, 1.165) is 30.2 Å². The van der Waals surface area contributed by atoms with Crippen LogP contribution in [-0.4, -0.2) is 11.9 Å². The van der Waals surface area contributed by atoms with Gasteiger partial charge in [-0.1, -0.05) is 49.7 Å². The Kier molecular flexibility index (Phi) is 6.01. The summed E-state index contributed by atoms with van der Waals surface area (Å²) in [6, 6.07) is 11.2. The first kappa shape index (κ1) is 17.6. The average molecular weight is 332 g/mol. The molecule has 6 heteroatoms. The fraction of sp³-hybridized carbons (Fsp3) is 0.222. The van der Waals surface area contributed by atoms with Gasteiger partial charge < -0.3 is 5.32 Å². The summed E-state index contributed by atoms with van der Waals surface area (Å²) in [5.41, 5.74) is 0.110. The lowest BCUT2D eigenvalue weighted by Gasteiger charge is -2.18. The zero-order valence-corrected chi connectivity index (χ0v) is 13.2. The molecule has 1 atom stereocenters. The molecule has 0 bridgehead atoms. The monoisotopic (exact) mass is 332 g/mol. The molecule has 0 fully saturated rings. The van der Waals surface area contributed by atoms with Crippen LogP contribution in [0.15, 0.2) is 48.5 Å². The number of nitrogens with one attached hydrogen (secondary N) is 2. The third-order valence-electron chi connectivity index (χ3n) is 3.50. The Balaban J connectivity index is 2.07. The lowest BCUT2D eigenvalue weighted by atomic mass is 10.0. The number of benzene rings is 2. The van der Waals surface area contributed by atoms with Crippen LogP contribution < -0.4 is 10.6 Å². The predicted octanol–water partition coefficient (Wildman–Crippen LogP) is 3.95. The van der Waals surface area contributed by atoms with Crippen LogP contribution in [0.5, 0.6) is 0 Å². The molecule has 2 rings (SSSR count). The maximum atomic E-state index is 13.6. The molecule has 24 heavy (non-hydrogen) atoms. The minimum atomic E-state index is -1.12. The van der Waals surface area contributed by atoms with Gasteiger partial charge in [0.05, 0.1) is 6.04 Å². The van der Waals surface area contributed by atoms with Crippen LogP contribution in [0.2, 0.25) is 0 Å². The second-order valence-electron chi connectivity index (χ2n) is 5.28. The summed E-state index contributed by atoms with van der Waals surface area (Å²) in [4.78, 5) is 23.9. The Bertz CT molecular complexity index is 700. The Morgan fingerprint density at radius 2 is 1.62 bits per heavy atom. The maximum absolute atomic E-state index is 13.6. The lowest BCUT2D eigenvalue weighted by molar-refractivity contribution is 0.0955. The molecule has 0 heterocycles. The van der Waals surface area contributed by atoms with Crippen molar-refractivity contribution < 1.29 is 18.4 Å². The van der Waals surface area contributed by atoms with Crippen molar-refractivity contribution in [1.82, 2.24) is 10.6 Å². The summed E-state index contributed by atoms with van der Waals surface area (Å²) in [6.07, 6.45) is 1.48. The molecule has 0 radical (unpaired) electrons. The van der Waals surface area contributed by atoms with Crippen molar-refractivity contribution in [3.8, 4) is 0 Å². The topological polar surface area (TPSA) is 58.2 Å². The first-order valence-electron chi connectivity index (χ1n) is 7.63. The van der Waals surface area contributed by atoms with E-state index in [4.69, 9.17) is 0 Å². The van der Waals surface area contributed by atoms with E-state index in [0.29, 0.717) is 6.42 Å². The van der Waals surface area contributed by atoms with E-state index in [2.05, 4.69) is 5.32 Å². The van der Waals surface area contributed by atoms with Gasteiger partial charge in [-0.25, -0.2) is 13.6 Å². The summed E-state index contributed by atoms with van der Waals surface area (Å²) in [6.45, 7) is 1.97. The number of imide groups is 1. The molecule has 0 saturated carbocycles. The van der Waals surface area contributed by atoms with Crippen LogP contribution in [0.1, 0.15) is 41.7 Å². The normalized spacial score (nSPS) is 11.6. The van der Waals surface area contributed by atoms with E-state index in [1.807, 2.05) is 42.6 Å². The molecule has 0 aromatic heterocycles. The van der Waals surface area contributed by atoms with E-state index in [1.54, 1.807) is 0 Å². The minimum Gasteiger partial charge on any atom is -0.331 e. The van der Waals surface area contributed by atoms with Crippen molar-refractivity contribution in [3.63, 3.8) is 0 Å². The maximum Gasteiger partial charge on any atom is 0.322 e. The molecule has 0 saturated heterocycles. The quantitative estimate of drug-likeness (QED) is 0.871. The number of amides is 3. The van der Waals surface area contributed by atoms with Crippen LogP contribution >= 0.6 is 0 Å². The van der Waals surface area contributed by atoms with Gasteiger partial charge in [0.2, 0.25) is 0 Å². The summed E-state index contributed by atoms with van der Waals surface area (Å²) >= 11 is 0. The standard InChI is InChI=1S/C18H18F2N2O2/c1-2-7-15(12-8-4-3-5-9-12)21-18(24)22-17(23)16-13(19)10-6-11-14(16)20/h3-6,8-11,15H,2,7H2,1H3,(H2,21,22,23,24). The summed E-state index contributed by atoms with van der Waals surface area (Å²) in [5, 5.41) is 4.63. The Morgan fingerprint density at radius 1 is 1.00 bits per heavy atom. The third-order valence-corrected chi connectivity index (χ3v) is 3.50. The molecule has 2 aromatic rings. The van der Waals surface area contributed by atoms with Crippen LogP contribution in [0.3, 0.4) is 0 Å². The molecular weight excluding hydrogens is 314 g/mol. The highest BCUT2D eigenvalue weighted by Crippen LogP contribution is 2.18. The zero-order valence-electron chi connectivity index (χ0n) is 13.2. The Hall–Kier alpha value is -2.76. The highest BCUT2D eigenvalue weighted by molar-refractivity contribution is 6.04. The van der Waals surface area contributed by atoms with Gasteiger partial charge in [-0.05, 0) is 24.1 Å². The number of carbonyl (C=O) groups excluding carboxylic acids is 2. The first-order chi connectivity index (χ1) is 11.5. The van der Waals surface area contributed by atoms with Crippen LogP contribution in [0, 0.1) is 11.6 Å². The van der Waals surface area contributed by atoms with E-state index in [1.165, 1.54) is 0 Å². The van der Waals surface area contributed by atoms with E-state index >= 15 is 0 Å². The highest BCUT2D eigenvalue weighted by Gasteiger charge is 2.21. The Labute approximate surface area is 138 Å². The largest absolute Gasteiger partial charge is 0.331 e. The van der Waals surface area contributed by atoms with Crippen molar-refractivity contribution in [2.24, 2.45) is 0 Å². The van der Waals surface area contributed by atoms with Crippen LogP contribution in [0.4, 0.5) is 13.6 Å². The van der Waals surface area contributed by atoms with Crippen molar-refractivity contribution in [2.75, 3.05) is 0 Å². The van der Waals surface area contributed by atoms with Crippen LogP contribution in [-0.2, 0) is 0 Å².